The highest BCUT2D eigenvalue weighted by Gasteiger charge is 2.26. The molecule has 2 aliphatic heterocycles. The molecule has 0 spiro atoms. The van der Waals surface area contributed by atoms with E-state index in [4.69, 9.17) is 0 Å². The van der Waals surface area contributed by atoms with Crippen molar-refractivity contribution < 1.29 is 4.79 Å². The quantitative estimate of drug-likeness (QED) is 0.465. The number of para-hydroxylation sites is 2. The van der Waals surface area contributed by atoms with E-state index in [-0.39, 0.29) is 5.91 Å². The molecule has 0 unspecified atom stereocenters. The summed E-state index contributed by atoms with van der Waals surface area (Å²) in [6.07, 6.45) is 3.19. The second kappa shape index (κ2) is 11.1. The summed E-state index contributed by atoms with van der Waals surface area (Å²) in [6, 6.07) is 25.1. The van der Waals surface area contributed by atoms with Crippen LogP contribution in [0.4, 0.5) is 11.4 Å². The van der Waals surface area contributed by atoms with Crippen LogP contribution >= 0.6 is 0 Å². The minimum atomic E-state index is 0.161. The molecule has 2 aliphatic rings. The van der Waals surface area contributed by atoms with Gasteiger partial charge in [-0.15, -0.1) is 0 Å². The first kappa shape index (κ1) is 24.9. The van der Waals surface area contributed by atoms with Crippen molar-refractivity contribution in [3.8, 4) is 6.07 Å². The Morgan fingerprint density at radius 2 is 1.51 bits per heavy atom. The van der Waals surface area contributed by atoms with E-state index in [0.29, 0.717) is 5.92 Å². The Bertz CT molecular complexity index is 1280. The first-order chi connectivity index (χ1) is 18.0. The van der Waals surface area contributed by atoms with Crippen molar-refractivity contribution in [3.63, 3.8) is 0 Å². The highest BCUT2D eigenvalue weighted by molar-refractivity contribution is 5.96. The molecule has 0 bridgehead atoms. The second-order valence-corrected chi connectivity index (χ2v) is 10.5. The number of piperidine rings is 1. The summed E-state index contributed by atoms with van der Waals surface area (Å²) in [4.78, 5) is 20.3. The lowest BCUT2D eigenvalue weighted by atomic mass is 9.86. The topological polar surface area (TPSA) is 50.6 Å². The number of nitrogens with zero attached hydrogens (tertiary/aromatic N) is 4. The van der Waals surface area contributed by atoms with Gasteiger partial charge in [0.05, 0.1) is 11.3 Å². The predicted octanol–water partition coefficient (Wildman–Crippen LogP) is 5.60. The summed E-state index contributed by atoms with van der Waals surface area (Å²) in [7, 11) is 0. The molecule has 0 saturated carbocycles. The molecule has 3 aromatic carbocycles. The van der Waals surface area contributed by atoms with Crippen molar-refractivity contribution in [2.75, 3.05) is 49.1 Å². The van der Waals surface area contributed by atoms with Crippen LogP contribution in [0.5, 0.6) is 0 Å². The number of hydrogen-bond acceptors (Lipinski definition) is 4. The molecule has 2 heterocycles. The lowest BCUT2D eigenvalue weighted by Crippen LogP contribution is -2.49. The van der Waals surface area contributed by atoms with Gasteiger partial charge < -0.3 is 14.7 Å². The van der Waals surface area contributed by atoms with Crippen LogP contribution in [0.15, 0.2) is 66.7 Å². The minimum Gasteiger partial charge on any atom is -0.370 e. The van der Waals surface area contributed by atoms with Gasteiger partial charge in [-0.3, -0.25) is 4.79 Å². The predicted molar refractivity (Wildman–Crippen MR) is 150 cm³/mol. The van der Waals surface area contributed by atoms with E-state index >= 15 is 0 Å². The van der Waals surface area contributed by atoms with Crippen molar-refractivity contribution in [1.29, 1.82) is 5.26 Å². The SMILES string of the molecule is Cc1cc(C)c(C(=O)N2CCN(c3ccccc3)CC2)cc1CC1CCN(c2ccccc2C#N)CC1. The lowest BCUT2D eigenvalue weighted by Gasteiger charge is -2.36. The fourth-order valence-electron chi connectivity index (χ4n) is 5.86. The monoisotopic (exact) mass is 492 g/mol. The first-order valence-corrected chi connectivity index (χ1v) is 13.5. The van der Waals surface area contributed by atoms with Crippen LogP contribution in [-0.2, 0) is 6.42 Å². The molecule has 0 radical (unpaired) electrons. The van der Waals surface area contributed by atoms with Crippen LogP contribution in [0.25, 0.3) is 0 Å². The van der Waals surface area contributed by atoms with Gasteiger partial charge in [0.25, 0.3) is 5.91 Å². The third kappa shape index (κ3) is 5.49. The van der Waals surface area contributed by atoms with Crippen LogP contribution in [0.1, 0.15) is 45.5 Å². The van der Waals surface area contributed by atoms with Crippen molar-refractivity contribution >= 4 is 17.3 Å². The zero-order chi connectivity index (χ0) is 25.8. The van der Waals surface area contributed by atoms with Crippen molar-refractivity contribution in [1.82, 2.24) is 4.90 Å². The normalized spacial score (nSPS) is 16.5. The van der Waals surface area contributed by atoms with E-state index in [1.165, 1.54) is 16.8 Å². The number of carbonyl (C=O) groups excluding carboxylic acids is 1. The number of aryl methyl sites for hydroxylation is 2. The first-order valence-electron chi connectivity index (χ1n) is 13.5. The third-order valence-corrected chi connectivity index (χ3v) is 8.09. The summed E-state index contributed by atoms with van der Waals surface area (Å²) in [5, 5.41) is 9.47. The summed E-state index contributed by atoms with van der Waals surface area (Å²) >= 11 is 0. The average Bonchev–Trinajstić information content (AvgIpc) is 2.95. The molecule has 37 heavy (non-hydrogen) atoms. The van der Waals surface area contributed by atoms with E-state index in [9.17, 15) is 10.1 Å². The number of hydrogen-bond donors (Lipinski definition) is 0. The van der Waals surface area contributed by atoms with Crippen LogP contribution in [0.3, 0.4) is 0 Å². The second-order valence-electron chi connectivity index (χ2n) is 10.5. The molecule has 2 saturated heterocycles. The van der Waals surface area contributed by atoms with E-state index in [1.807, 2.05) is 29.2 Å². The van der Waals surface area contributed by atoms with Gasteiger partial charge in [0, 0.05) is 50.5 Å². The van der Waals surface area contributed by atoms with Gasteiger partial charge in [0.2, 0.25) is 0 Å². The number of piperazine rings is 1. The van der Waals surface area contributed by atoms with Crippen molar-refractivity contribution in [3.05, 3.63) is 94.5 Å². The number of anilines is 2. The standard InChI is InChI=1S/C32H36N4O/c1-24-20-25(2)30(32(37)36-18-16-34(17-19-36)29-9-4-3-5-10-29)22-28(24)21-26-12-14-35(15-13-26)31-11-7-6-8-27(31)23-33/h3-11,20,22,26H,12-19,21H2,1-2H3. The fourth-order valence-corrected chi connectivity index (χ4v) is 5.86. The maximum absolute atomic E-state index is 13.6. The Kier molecular flexibility index (Phi) is 7.46. The number of nitriles is 1. The summed E-state index contributed by atoms with van der Waals surface area (Å²) in [5.74, 6) is 0.749. The minimum absolute atomic E-state index is 0.161. The lowest BCUT2D eigenvalue weighted by molar-refractivity contribution is 0.0746. The Morgan fingerprint density at radius 1 is 0.838 bits per heavy atom. The summed E-state index contributed by atoms with van der Waals surface area (Å²) < 4.78 is 0. The van der Waals surface area contributed by atoms with E-state index in [0.717, 1.165) is 80.9 Å². The molecule has 5 rings (SSSR count). The molecule has 0 atom stereocenters. The molecule has 5 heteroatoms. The van der Waals surface area contributed by atoms with Crippen LogP contribution in [-0.4, -0.2) is 50.1 Å². The van der Waals surface area contributed by atoms with Gasteiger partial charge in [-0.2, -0.15) is 5.26 Å². The molecular formula is C32H36N4O. The Hall–Kier alpha value is -3.78. The van der Waals surface area contributed by atoms with Crippen LogP contribution < -0.4 is 9.80 Å². The molecule has 2 fully saturated rings. The zero-order valence-corrected chi connectivity index (χ0v) is 22.0. The Labute approximate surface area is 220 Å². The van der Waals surface area contributed by atoms with E-state index < -0.39 is 0 Å². The van der Waals surface area contributed by atoms with Crippen LogP contribution in [0.2, 0.25) is 0 Å². The molecule has 0 aromatic heterocycles. The van der Waals surface area contributed by atoms with Gasteiger partial charge in [0.15, 0.2) is 0 Å². The van der Waals surface area contributed by atoms with Gasteiger partial charge in [-0.1, -0.05) is 36.4 Å². The van der Waals surface area contributed by atoms with Gasteiger partial charge >= 0.3 is 0 Å². The van der Waals surface area contributed by atoms with Gasteiger partial charge in [0.1, 0.15) is 6.07 Å². The van der Waals surface area contributed by atoms with E-state index in [2.05, 4.69) is 72.2 Å². The van der Waals surface area contributed by atoms with Crippen molar-refractivity contribution in [2.24, 2.45) is 5.92 Å². The molecule has 1 amide bonds. The maximum Gasteiger partial charge on any atom is 0.254 e. The molecular weight excluding hydrogens is 456 g/mol. The smallest absolute Gasteiger partial charge is 0.254 e. The summed E-state index contributed by atoms with van der Waals surface area (Å²) in [5.41, 5.74) is 7.53. The molecule has 5 nitrogen and oxygen atoms in total. The average molecular weight is 493 g/mol. The number of amides is 1. The molecule has 3 aromatic rings. The fraction of sp³-hybridized carbons (Fsp3) is 0.375. The highest BCUT2D eigenvalue weighted by atomic mass is 16.2. The number of rotatable bonds is 5. The van der Waals surface area contributed by atoms with Crippen molar-refractivity contribution in [2.45, 2.75) is 33.1 Å². The molecule has 190 valence electrons. The third-order valence-electron chi connectivity index (χ3n) is 8.09. The van der Waals surface area contributed by atoms with Gasteiger partial charge in [-0.05, 0) is 86.1 Å². The maximum atomic E-state index is 13.6. The molecule has 0 aliphatic carbocycles. The number of carbonyl (C=O) groups is 1. The molecule has 0 N–H and O–H groups in total. The van der Waals surface area contributed by atoms with Crippen LogP contribution in [0, 0.1) is 31.1 Å². The summed E-state index contributed by atoms with van der Waals surface area (Å²) in [6.45, 7) is 9.39. The number of benzene rings is 3. The highest BCUT2D eigenvalue weighted by Crippen LogP contribution is 2.30. The largest absolute Gasteiger partial charge is 0.370 e. The van der Waals surface area contributed by atoms with E-state index in [1.54, 1.807) is 0 Å². The van der Waals surface area contributed by atoms with Gasteiger partial charge in [-0.25, -0.2) is 0 Å². The Balaban J connectivity index is 1.22. The Morgan fingerprint density at radius 3 is 2.22 bits per heavy atom. The zero-order valence-electron chi connectivity index (χ0n) is 22.0.